The first-order valence-corrected chi connectivity index (χ1v) is 9.46. The molecule has 3 nitrogen and oxygen atoms in total. The Labute approximate surface area is 138 Å². The molecule has 0 bridgehead atoms. The van der Waals surface area contributed by atoms with E-state index < -0.39 is 10.0 Å². The Bertz CT molecular complexity index is 731. The number of thioether (sulfide) groups is 1. The first kappa shape index (κ1) is 16.6. The Balaban J connectivity index is 2.11. The van der Waals surface area contributed by atoms with Gasteiger partial charge >= 0.3 is 0 Å². The number of nitrogens with one attached hydrogen (secondary N) is 1. The lowest BCUT2D eigenvalue weighted by molar-refractivity contribution is 0.581. The summed E-state index contributed by atoms with van der Waals surface area (Å²) < 4.78 is 26.9. The zero-order chi connectivity index (χ0) is 15.5. The third kappa shape index (κ3) is 4.37. The minimum atomic E-state index is -3.61. The molecule has 0 spiro atoms. The topological polar surface area (TPSA) is 46.2 Å². The summed E-state index contributed by atoms with van der Waals surface area (Å²) in [6, 6.07) is 11.9. The first-order chi connectivity index (χ1) is 9.92. The van der Waals surface area contributed by atoms with Crippen molar-refractivity contribution >= 4 is 45.0 Å². The summed E-state index contributed by atoms with van der Waals surface area (Å²) in [6.45, 7) is 0.219. The van der Waals surface area contributed by atoms with Gasteiger partial charge < -0.3 is 0 Å². The highest BCUT2D eigenvalue weighted by Crippen LogP contribution is 2.24. The maximum atomic E-state index is 12.2. The summed E-state index contributed by atoms with van der Waals surface area (Å²) in [7, 11) is -3.61. The Kier molecular flexibility index (Phi) is 5.57. The van der Waals surface area contributed by atoms with Crippen LogP contribution in [0.1, 0.15) is 5.56 Å². The number of sulfonamides is 1. The quantitative estimate of drug-likeness (QED) is 0.811. The molecule has 1 N–H and O–H groups in total. The lowest BCUT2D eigenvalue weighted by Gasteiger charge is -2.08. The lowest BCUT2D eigenvalue weighted by atomic mass is 10.2. The predicted molar refractivity (Wildman–Crippen MR) is 88.7 cm³/mol. The Morgan fingerprint density at radius 1 is 1.05 bits per heavy atom. The van der Waals surface area contributed by atoms with Gasteiger partial charge in [0.1, 0.15) is 0 Å². The largest absolute Gasteiger partial charge is 0.240 e. The average Bonchev–Trinajstić information content (AvgIpc) is 2.48. The molecule has 0 atom stereocenters. The van der Waals surface area contributed by atoms with Gasteiger partial charge in [0, 0.05) is 11.4 Å². The van der Waals surface area contributed by atoms with Crippen molar-refractivity contribution in [3.05, 3.63) is 58.1 Å². The van der Waals surface area contributed by atoms with Crippen LogP contribution in [0.4, 0.5) is 0 Å². The van der Waals surface area contributed by atoms with E-state index in [0.29, 0.717) is 5.02 Å². The highest BCUT2D eigenvalue weighted by Gasteiger charge is 2.15. The maximum Gasteiger partial charge on any atom is 0.240 e. The van der Waals surface area contributed by atoms with E-state index in [1.807, 2.05) is 30.5 Å². The molecule has 2 rings (SSSR count). The van der Waals surface area contributed by atoms with Crippen molar-refractivity contribution in [1.82, 2.24) is 4.72 Å². The normalized spacial score (nSPS) is 11.6. The highest BCUT2D eigenvalue weighted by atomic mass is 35.5. The number of halogens is 2. The number of hydrogen-bond acceptors (Lipinski definition) is 3. The summed E-state index contributed by atoms with van der Waals surface area (Å²) in [6.07, 6.45) is 1.99. The highest BCUT2D eigenvalue weighted by molar-refractivity contribution is 7.98. The van der Waals surface area contributed by atoms with Crippen LogP contribution < -0.4 is 4.72 Å². The molecule has 0 saturated carbocycles. The second-order valence-corrected chi connectivity index (χ2v) is 7.71. The second kappa shape index (κ2) is 7.03. The third-order valence-corrected chi connectivity index (χ3v) is 5.71. The van der Waals surface area contributed by atoms with Gasteiger partial charge in [-0.15, -0.1) is 11.8 Å². The molecule has 21 heavy (non-hydrogen) atoms. The molecular formula is C14H13Cl2NO2S2. The maximum absolute atomic E-state index is 12.2. The minimum absolute atomic E-state index is 0.0950. The van der Waals surface area contributed by atoms with Crippen LogP contribution in [0.25, 0.3) is 0 Å². The fraction of sp³-hybridized carbons (Fsp3) is 0.143. The first-order valence-electron chi connectivity index (χ1n) is 6.00. The van der Waals surface area contributed by atoms with Gasteiger partial charge in [-0.05, 0) is 42.2 Å². The summed E-state index contributed by atoms with van der Waals surface area (Å²) in [5.41, 5.74) is 0.886. The van der Waals surface area contributed by atoms with Gasteiger partial charge in [0.05, 0.1) is 14.9 Å². The molecule has 2 aromatic carbocycles. The molecule has 0 heterocycles. The fourth-order valence-electron chi connectivity index (χ4n) is 1.65. The average molecular weight is 362 g/mol. The van der Waals surface area contributed by atoms with Crippen molar-refractivity contribution in [2.24, 2.45) is 0 Å². The van der Waals surface area contributed by atoms with Crippen LogP contribution in [-0.2, 0) is 16.6 Å². The summed E-state index contributed by atoms with van der Waals surface area (Å²) in [4.78, 5) is 1.23. The molecule has 112 valence electrons. The van der Waals surface area contributed by atoms with Crippen molar-refractivity contribution in [3.8, 4) is 0 Å². The van der Waals surface area contributed by atoms with E-state index in [1.165, 1.54) is 18.2 Å². The smallest absolute Gasteiger partial charge is 0.207 e. The van der Waals surface area contributed by atoms with Crippen LogP contribution in [-0.4, -0.2) is 14.7 Å². The van der Waals surface area contributed by atoms with E-state index in [0.717, 1.165) is 10.5 Å². The number of hydrogen-bond donors (Lipinski definition) is 1. The number of benzene rings is 2. The fourth-order valence-corrected chi connectivity index (χ4v) is 3.46. The standard InChI is InChI=1S/C14H13Cl2NO2S2/c1-20-11-4-2-10(3-5-11)9-17-21(18,19)12-6-7-13(15)14(16)8-12/h2-8,17H,9H2,1H3. The summed E-state index contributed by atoms with van der Waals surface area (Å²) in [5.74, 6) is 0. The van der Waals surface area contributed by atoms with E-state index in [1.54, 1.807) is 11.8 Å². The summed E-state index contributed by atoms with van der Waals surface area (Å²) in [5, 5.41) is 0.534. The van der Waals surface area contributed by atoms with E-state index in [4.69, 9.17) is 23.2 Å². The van der Waals surface area contributed by atoms with Gasteiger partial charge in [-0.25, -0.2) is 13.1 Å². The molecule has 0 aliphatic heterocycles. The Morgan fingerprint density at radius 2 is 1.71 bits per heavy atom. The molecule has 0 saturated heterocycles. The minimum Gasteiger partial charge on any atom is -0.207 e. The summed E-state index contributed by atoms with van der Waals surface area (Å²) >= 11 is 13.3. The van der Waals surface area contributed by atoms with Crippen LogP contribution in [0.5, 0.6) is 0 Å². The monoisotopic (exact) mass is 361 g/mol. The Morgan fingerprint density at radius 3 is 2.29 bits per heavy atom. The Hall–Kier alpha value is -0.720. The second-order valence-electron chi connectivity index (χ2n) is 4.25. The lowest BCUT2D eigenvalue weighted by Crippen LogP contribution is -2.23. The zero-order valence-corrected chi connectivity index (χ0v) is 14.3. The molecule has 0 amide bonds. The number of rotatable bonds is 5. The van der Waals surface area contributed by atoms with Crippen molar-refractivity contribution in [2.45, 2.75) is 16.3 Å². The molecule has 0 aromatic heterocycles. The molecule has 7 heteroatoms. The van der Waals surface area contributed by atoms with E-state index in [2.05, 4.69) is 4.72 Å². The van der Waals surface area contributed by atoms with Crippen LogP contribution >= 0.6 is 35.0 Å². The molecule has 0 radical (unpaired) electrons. The van der Waals surface area contributed by atoms with Gasteiger partial charge in [-0.1, -0.05) is 35.3 Å². The van der Waals surface area contributed by atoms with Crippen molar-refractivity contribution < 1.29 is 8.42 Å². The van der Waals surface area contributed by atoms with Crippen LogP contribution in [0.2, 0.25) is 10.0 Å². The van der Waals surface area contributed by atoms with Crippen molar-refractivity contribution in [1.29, 1.82) is 0 Å². The third-order valence-electron chi connectivity index (χ3n) is 2.83. The van der Waals surface area contributed by atoms with E-state index >= 15 is 0 Å². The van der Waals surface area contributed by atoms with Crippen molar-refractivity contribution in [2.75, 3.05) is 6.26 Å². The SMILES string of the molecule is CSc1ccc(CNS(=O)(=O)c2ccc(Cl)c(Cl)c2)cc1. The molecular weight excluding hydrogens is 349 g/mol. The van der Waals surface area contributed by atoms with E-state index in [-0.39, 0.29) is 16.5 Å². The predicted octanol–water partition coefficient (Wildman–Crippen LogP) is 4.19. The van der Waals surface area contributed by atoms with Gasteiger partial charge in [0.2, 0.25) is 10.0 Å². The van der Waals surface area contributed by atoms with Crippen LogP contribution in [0.3, 0.4) is 0 Å². The van der Waals surface area contributed by atoms with Gasteiger partial charge in [-0.2, -0.15) is 0 Å². The molecule has 0 aliphatic carbocycles. The molecule has 0 fully saturated rings. The molecule has 2 aromatic rings. The molecule has 0 unspecified atom stereocenters. The van der Waals surface area contributed by atoms with Gasteiger partial charge in [0.15, 0.2) is 0 Å². The van der Waals surface area contributed by atoms with Gasteiger partial charge in [-0.3, -0.25) is 0 Å². The van der Waals surface area contributed by atoms with E-state index in [9.17, 15) is 8.42 Å². The molecule has 0 aliphatic rings. The van der Waals surface area contributed by atoms with Crippen molar-refractivity contribution in [3.63, 3.8) is 0 Å². The van der Waals surface area contributed by atoms with Crippen LogP contribution in [0, 0.1) is 0 Å². The van der Waals surface area contributed by atoms with Gasteiger partial charge in [0.25, 0.3) is 0 Å². The van der Waals surface area contributed by atoms with Crippen LogP contribution in [0.15, 0.2) is 52.3 Å². The zero-order valence-electron chi connectivity index (χ0n) is 11.1.